The summed E-state index contributed by atoms with van der Waals surface area (Å²) in [7, 11) is 0. The van der Waals surface area contributed by atoms with Gasteiger partial charge in [-0.15, -0.1) is 0 Å². The van der Waals surface area contributed by atoms with Crippen molar-refractivity contribution in [3.05, 3.63) is 35.3 Å². The van der Waals surface area contributed by atoms with Crippen LogP contribution in [-0.4, -0.2) is 66.9 Å². The molecule has 0 amide bonds. The summed E-state index contributed by atoms with van der Waals surface area (Å²) in [4.78, 5) is 13.6. The van der Waals surface area contributed by atoms with Crippen LogP contribution >= 0.6 is 0 Å². The van der Waals surface area contributed by atoms with Gasteiger partial charge in [-0.2, -0.15) is 0 Å². The number of hydrogen-bond donors (Lipinski definition) is 5. The predicted octanol–water partition coefficient (Wildman–Crippen LogP) is 3.56. The first-order valence-electron chi connectivity index (χ1n) is 15.7. The maximum absolute atomic E-state index is 13.6. The highest BCUT2D eigenvalue weighted by Gasteiger charge is 2.72. The lowest BCUT2D eigenvalue weighted by molar-refractivity contribution is -0.191. The van der Waals surface area contributed by atoms with Crippen molar-refractivity contribution in [2.24, 2.45) is 34.5 Å². The summed E-state index contributed by atoms with van der Waals surface area (Å²) < 4.78 is 19.1. The van der Waals surface area contributed by atoms with E-state index in [4.69, 9.17) is 13.9 Å². The van der Waals surface area contributed by atoms with Crippen molar-refractivity contribution in [1.82, 2.24) is 0 Å². The molecule has 6 rings (SSSR count). The van der Waals surface area contributed by atoms with E-state index in [0.29, 0.717) is 42.3 Å². The van der Waals surface area contributed by atoms with Crippen LogP contribution in [0.25, 0.3) is 0 Å². The number of ketones is 1. The third kappa shape index (κ3) is 4.25. The second-order valence-electron chi connectivity index (χ2n) is 14.9. The molecule has 12 atom stereocenters. The summed E-state index contributed by atoms with van der Waals surface area (Å²) in [6, 6.07) is 3.46. The lowest BCUT2D eigenvalue weighted by Gasteiger charge is -2.62. The molecule has 4 aliphatic carbocycles. The number of carbonyl (C=O) groups is 1. The van der Waals surface area contributed by atoms with Gasteiger partial charge in [0.2, 0.25) is 6.29 Å². The van der Waals surface area contributed by atoms with E-state index < -0.39 is 58.5 Å². The van der Waals surface area contributed by atoms with E-state index in [1.165, 1.54) is 0 Å². The van der Waals surface area contributed by atoms with Crippen molar-refractivity contribution in [2.45, 2.75) is 128 Å². The van der Waals surface area contributed by atoms with Crippen LogP contribution in [0, 0.1) is 34.5 Å². The highest BCUT2D eigenvalue weighted by molar-refractivity contribution is 5.95. The molecular formula is C33H48O9. The number of aliphatic hydroxyl groups excluding tert-OH is 4. The molecule has 0 unspecified atom stereocenters. The van der Waals surface area contributed by atoms with Crippen molar-refractivity contribution in [3.8, 4) is 0 Å². The van der Waals surface area contributed by atoms with Crippen molar-refractivity contribution in [3.63, 3.8) is 0 Å². The summed E-state index contributed by atoms with van der Waals surface area (Å²) in [5.74, 6) is -0.0240. The third-order valence-electron chi connectivity index (χ3n) is 12.1. The first-order chi connectivity index (χ1) is 19.7. The number of allylic oxidation sites excluding steroid dienone is 1. The van der Waals surface area contributed by atoms with Gasteiger partial charge in [0.1, 0.15) is 12.4 Å². The van der Waals surface area contributed by atoms with Gasteiger partial charge in [0.05, 0.1) is 35.6 Å². The highest BCUT2D eigenvalue weighted by atomic mass is 16.7. The predicted molar refractivity (Wildman–Crippen MR) is 152 cm³/mol. The second kappa shape index (κ2) is 10.2. The number of rotatable bonds is 6. The molecule has 4 fully saturated rings. The van der Waals surface area contributed by atoms with Crippen LogP contribution in [0.4, 0.5) is 0 Å². The maximum Gasteiger partial charge on any atom is 0.218 e. The standard InChI is InChI=1S/C33H48O9/c1-17(2)6-9-27-32(5,42-29(41-27)25-8-7-18(16-34)40-25)26-10-11-33(39)20-13-21(35)19-12-22(36)23(37)14-30(19,3)28(20)24(38)15-31(26,33)4/h7-8,13,17,19,22-24,26-29,34,36-39H,6,9-12,14-16H2,1-5H3/t19-,22+,23-,24+,26-,27+,28+,29+,30-,31+,32+,33+/m0/s1. The van der Waals surface area contributed by atoms with Crippen LogP contribution in [0.1, 0.15) is 97.4 Å². The molecule has 0 spiro atoms. The Hall–Kier alpha value is -1.59. The summed E-state index contributed by atoms with van der Waals surface area (Å²) in [6.07, 6.45) is 1.00. The Bertz CT molecular complexity index is 1240. The molecule has 3 saturated carbocycles. The molecule has 1 aliphatic heterocycles. The molecule has 0 bridgehead atoms. The van der Waals surface area contributed by atoms with Crippen molar-refractivity contribution < 1.29 is 44.2 Å². The minimum atomic E-state index is -1.35. The van der Waals surface area contributed by atoms with Crippen molar-refractivity contribution in [2.75, 3.05) is 0 Å². The van der Waals surface area contributed by atoms with E-state index in [1.807, 2.05) is 20.8 Å². The molecule has 9 nitrogen and oxygen atoms in total. The molecule has 0 aromatic carbocycles. The van der Waals surface area contributed by atoms with E-state index in [0.717, 1.165) is 12.8 Å². The molecule has 234 valence electrons. The van der Waals surface area contributed by atoms with Crippen molar-refractivity contribution >= 4 is 5.78 Å². The monoisotopic (exact) mass is 588 g/mol. The fraction of sp³-hybridized carbons (Fsp3) is 0.788. The van der Waals surface area contributed by atoms with Gasteiger partial charge in [0, 0.05) is 17.3 Å². The zero-order chi connectivity index (χ0) is 30.4. The van der Waals surface area contributed by atoms with Gasteiger partial charge < -0.3 is 39.4 Å². The molecule has 2 heterocycles. The molecule has 1 saturated heterocycles. The normalized spacial score (nSPS) is 48.6. The quantitative estimate of drug-likeness (QED) is 0.336. The van der Waals surface area contributed by atoms with Crippen LogP contribution < -0.4 is 0 Å². The smallest absolute Gasteiger partial charge is 0.218 e. The number of hydrogen-bond acceptors (Lipinski definition) is 9. The fourth-order valence-corrected chi connectivity index (χ4v) is 9.90. The second-order valence-corrected chi connectivity index (χ2v) is 14.9. The van der Waals surface area contributed by atoms with E-state index >= 15 is 0 Å². The van der Waals surface area contributed by atoms with E-state index in [-0.39, 0.29) is 37.3 Å². The minimum absolute atomic E-state index is 0.148. The number of fused-ring (bicyclic) bond motifs is 5. The molecule has 5 aliphatic rings. The largest absolute Gasteiger partial charge is 0.458 e. The minimum Gasteiger partial charge on any atom is -0.458 e. The van der Waals surface area contributed by atoms with Crippen LogP contribution in [0.5, 0.6) is 0 Å². The fourth-order valence-electron chi connectivity index (χ4n) is 9.90. The Labute approximate surface area is 247 Å². The first kappa shape index (κ1) is 30.4. The summed E-state index contributed by atoms with van der Waals surface area (Å²) in [6.45, 7) is 10.1. The zero-order valence-electron chi connectivity index (χ0n) is 25.5. The molecular weight excluding hydrogens is 540 g/mol. The van der Waals surface area contributed by atoms with Crippen molar-refractivity contribution in [1.29, 1.82) is 0 Å². The molecule has 5 N–H and O–H groups in total. The Morgan fingerprint density at radius 3 is 2.45 bits per heavy atom. The number of aliphatic hydroxyl groups is 5. The first-order valence-corrected chi connectivity index (χ1v) is 15.7. The zero-order valence-corrected chi connectivity index (χ0v) is 25.5. The molecule has 1 aromatic heterocycles. The third-order valence-corrected chi connectivity index (χ3v) is 12.1. The average molecular weight is 589 g/mol. The maximum atomic E-state index is 13.6. The van der Waals surface area contributed by atoms with E-state index in [9.17, 15) is 30.3 Å². The number of furan rings is 1. The molecule has 42 heavy (non-hydrogen) atoms. The lowest BCUT2D eigenvalue weighted by atomic mass is 9.44. The van der Waals surface area contributed by atoms with Gasteiger partial charge in [-0.05, 0) is 92.9 Å². The summed E-state index contributed by atoms with van der Waals surface area (Å²) in [5.41, 5.74) is -3.22. The Morgan fingerprint density at radius 1 is 1.05 bits per heavy atom. The van der Waals surface area contributed by atoms with E-state index in [2.05, 4.69) is 13.8 Å². The molecule has 1 aromatic rings. The SMILES string of the molecule is CC(C)CC[C@H]1O[C@@H](c2ccc(CO)o2)O[C@]1(C)[C@H]1CC[C@@]2(O)C3=CC(=O)[C@@H]4C[C@@H](O)[C@@H](O)C[C@]4(C)[C@H]3[C@H](O)C[C@]12C. The summed E-state index contributed by atoms with van der Waals surface area (Å²) >= 11 is 0. The number of carbonyl (C=O) groups excluding carboxylic acids is 1. The summed E-state index contributed by atoms with van der Waals surface area (Å²) in [5, 5.41) is 55.2. The van der Waals surface area contributed by atoms with Gasteiger partial charge in [-0.1, -0.05) is 27.7 Å². The van der Waals surface area contributed by atoms with Gasteiger partial charge in [-0.3, -0.25) is 4.79 Å². The van der Waals surface area contributed by atoms with Gasteiger partial charge in [0.25, 0.3) is 0 Å². The lowest BCUT2D eigenvalue weighted by Crippen LogP contribution is -2.66. The van der Waals surface area contributed by atoms with Gasteiger partial charge in [0.15, 0.2) is 11.5 Å². The Kier molecular flexibility index (Phi) is 7.41. The van der Waals surface area contributed by atoms with Gasteiger partial charge in [-0.25, -0.2) is 0 Å². The van der Waals surface area contributed by atoms with Gasteiger partial charge >= 0.3 is 0 Å². The van der Waals surface area contributed by atoms with Crippen LogP contribution in [0.15, 0.2) is 28.2 Å². The van der Waals surface area contributed by atoms with E-state index in [1.54, 1.807) is 18.2 Å². The number of ether oxygens (including phenoxy) is 2. The van der Waals surface area contributed by atoms with Crippen LogP contribution in [0.2, 0.25) is 0 Å². The Balaban J connectivity index is 1.38. The molecule has 9 heteroatoms. The van der Waals surface area contributed by atoms with Crippen LogP contribution in [-0.2, 0) is 20.9 Å². The Morgan fingerprint density at radius 2 is 1.79 bits per heavy atom. The topological polar surface area (TPSA) is 150 Å². The highest BCUT2D eigenvalue weighted by Crippen LogP contribution is 2.70. The van der Waals surface area contributed by atoms with Crippen LogP contribution in [0.3, 0.4) is 0 Å². The molecule has 0 radical (unpaired) electrons. The average Bonchev–Trinajstić information content (AvgIpc) is 3.59.